The highest BCUT2D eigenvalue weighted by atomic mass is 19.4. The number of rotatable bonds is 3. The zero-order valence-corrected chi connectivity index (χ0v) is 15.5. The van der Waals surface area contributed by atoms with Crippen molar-refractivity contribution < 1.29 is 13.2 Å². The predicted octanol–water partition coefficient (Wildman–Crippen LogP) is 4.13. The topological polar surface area (TPSA) is 59.8 Å². The van der Waals surface area contributed by atoms with Gasteiger partial charge in [0.15, 0.2) is 0 Å². The van der Waals surface area contributed by atoms with E-state index in [4.69, 9.17) is 0 Å². The lowest BCUT2D eigenvalue weighted by molar-refractivity contribution is -0.137. The number of fused-ring (bicyclic) bond motifs is 1. The van der Waals surface area contributed by atoms with Gasteiger partial charge in [0.05, 0.1) is 17.3 Å². The van der Waals surface area contributed by atoms with Crippen molar-refractivity contribution in [3.63, 3.8) is 0 Å². The van der Waals surface area contributed by atoms with Gasteiger partial charge >= 0.3 is 6.18 Å². The van der Waals surface area contributed by atoms with Crippen molar-refractivity contribution in [1.82, 2.24) is 14.8 Å². The van der Waals surface area contributed by atoms with E-state index in [9.17, 15) is 18.0 Å². The third-order valence-corrected chi connectivity index (χ3v) is 5.72. The first-order chi connectivity index (χ1) is 13.4. The van der Waals surface area contributed by atoms with Crippen molar-refractivity contribution >= 4 is 5.82 Å². The zero-order valence-electron chi connectivity index (χ0n) is 15.5. The fourth-order valence-electron chi connectivity index (χ4n) is 4.16. The summed E-state index contributed by atoms with van der Waals surface area (Å²) in [6.07, 6.45) is 3.84. The number of nitrogens with one attached hydrogen (secondary N) is 1. The second-order valence-corrected chi connectivity index (χ2v) is 7.69. The number of aromatic nitrogens is 3. The molecule has 5 nitrogen and oxygen atoms in total. The summed E-state index contributed by atoms with van der Waals surface area (Å²) in [5.41, 5.74) is 1.37. The van der Waals surface area contributed by atoms with Gasteiger partial charge in [-0.15, -0.1) is 0 Å². The Kier molecular flexibility index (Phi) is 5.12. The molecule has 2 heterocycles. The van der Waals surface area contributed by atoms with Gasteiger partial charge < -0.3 is 5.32 Å². The highest BCUT2D eigenvalue weighted by Gasteiger charge is 2.31. The van der Waals surface area contributed by atoms with Gasteiger partial charge in [-0.25, -0.2) is 9.67 Å². The molecular formula is C20H23F3N4O. The first-order valence-electron chi connectivity index (χ1n) is 9.81. The van der Waals surface area contributed by atoms with Crippen LogP contribution >= 0.6 is 0 Å². The normalized spacial score (nSPS) is 22.5. The van der Waals surface area contributed by atoms with Crippen LogP contribution in [0.25, 0.3) is 0 Å². The predicted molar refractivity (Wildman–Crippen MR) is 99.3 cm³/mol. The quantitative estimate of drug-likeness (QED) is 0.853. The maximum absolute atomic E-state index is 12.6. The van der Waals surface area contributed by atoms with Crippen molar-refractivity contribution in [2.24, 2.45) is 0 Å². The van der Waals surface area contributed by atoms with Crippen LogP contribution < -0.4 is 10.9 Å². The van der Waals surface area contributed by atoms with Crippen molar-refractivity contribution in [3.05, 3.63) is 51.6 Å². The molecule has 0 amide bonds. The van der Waals surface area contributed by atoms with Gasteiger partial charge in [-0.2, -0.15) is 18.3 Å². The van der Waals surface area contributed by atoms with Crippen LogP contribution in [0.15, 0.2) is 29.2 Å². The molecule has 2 aromatic rings. The molecule has 2 aliphatic carbocycles. The van der Waals surface area contributed by atoms with Crippen LogP contribution in [-0.2, 0) is 19.0 Å². The minimum absolute atomic E-state index is 0.0264. The molecule has 2 aliphatic rings. The van der Waals surface area contributed by atoms with Gasteiger partial charge in [-0.3, -0.25) is 4.79 Å². The molecule has 0 aliphatic heterocycles. The zero-order chi connectivity index (χ0) is 19.7. The standard InChI is InChI=1S/C20H23F3N4O/c21-20(22,23)14-5-10-18(24-12-14)25-15-6-8-16(9-7-15)27-19(28)11-13-3-1-2-4-17(13)26-27/h5,10-12,15-16H,1-4,6-9H2,(H,24,25). The summed E-state index contributed by atoms with van der Waals surface area (Å²) in [6, 6.07) is 4.37. The Bertz CT molecular complexity index is 884. The van der Waals surface area contributed by atoms with Crippen LogP contribution in [0.3, 0.4) is 0 Å². The van der Waals surface area contributed by atoms with Crippen molar-refractivity contribution in [2.45, 2.75) is 69.6 Å². The average Bonchev–Trinajstić information content (AvgIpc) is 2.68. The SMILES string of the molecule is O=c1cc2c(nn1C1CCC(Nc3ccc(C(F)(F)F)cn3)CC1)CCCC2. The maximum atomic E-state index is 12.6. The third-order valence-electron chi connectivity index (χ3n) is 5.72. The molecule has 0 atom stereocenters. The fourth-order valence-corrected chi connectivity index (χ4v) is 4.16. The molecular weight excluding hydrogens is 369 g/mol. The van der Waals surface area contributed by atoms with Crippen LogP contribution in [-0.4, -0.2) is 20.8 Å². The molecule has 150 valence electrons. The van der Waals surface area contributed by atoms with Crippen LogP contribution in [0.5, 0.6) is 0 Å². The van der Waals surface area contributed by atoms with Crippen molar-refractivity contribution in [3.8, 4) is 0 Å². The van der Waals surface area contributed by atoms with Gasteiger partial charge in [-0.1, -0.05) is 0 Å². The number of alkyl halides is 3. The molecule has 1 fully saturated rings. The summed E-state index contributed by atoms with van der Waals surface area (Å²) in [6.45, 7) is 0. The van der Waals surface area contributed by atoms with Gasteiger partial charge in [0.1, 0.15) is 5.82 Å². The first-order valence-corrected chi connectivity index (χ1v) is 9.81. The summed E-state index contributed by atoms with van der Waals surface area (Å²) >= 11 is 0. The second-order valence-electron chi connectivity index (χ2n) is 7.69. The molecule has 8 heteroatoms. The minimum Gasteiger partial charge on any atom is -0.367 e. The highest BCUT2D eigenvalue weighted by Crippen LogP contribution is 2.31. The maximum Gasteiger partial charge on any atom is 0.417 e. The summed E-state index contributed by atoms with van der Waals surface area (Å²) in [5, 5.41) is 7.85. The molecule has 0 saturated heterocycles. The molecule has 2 aromatic heterocycles. The summed E-state index contributed by atoms with van der Waals surface area (Å²) in [4.78, 5) is 16.3. The van der Waals surface area contributed by atoms with Gasteiger partial charge in [0.25, 0.3) is 5.56 Å². The van der Waals surface area contributed by atoms with E-state index >= 15 is 0 Å². The number of aryl methyl sites for hydroxylation is 2. The lowest BCUT2D eigenvalue weighted by atomic mass is 9.91. The van der Waals surface area contributed by atoms with E-state index in [1.165, 1.54) is 6.07 Å². The Morgan fingerprint density at radius 1 is 1.07 bits per heavy atom. The fraction of sp³-hybridized carbons (Fsp3) is 0.550. The van der Waals surface area contributed by atoms with Crippen LogP contribution in [0.4, 0.5) is 19.0 Å². The number of nitrogens with zero attached hydrogens (tertiary/aromatic N) is 3. The van der Waals surface area contributed by atoms with Gasteiger partial charge in [0.2, 0.25) is 0 Å². The Morgan fingerprint density at radius 2 is 1.82 bits per heavy atom. The van der Waals surface area contributed by atoms with E-state index < -0.39 is 11.7 Å². The Morgan fingerprint density at radius 3 is 2.50 bits per heavy atom. The first kappa shape index (κ1) is 19.0. The smallest absolute Gasteiger partial charge is 0.367 e. The van der Waals surface area contributed by atoms with Crippen LogP contribution in [0.2, 0.25) is 0 Å². The molecule has 1 N–H and O–H groups in total. The Hall–Kier alpha value is -2.38. The van der Waals surface area contributed by atoms with Gasteiger partial charge in [0, 0.05) is 18.3 Å². The lowest BCUT2D eigenvalue weighted by Gasteiger charge is -2.30. The molecule has 0 aromatic carbocycles. The monoisotopic (exact) mass is 392 g/mol. The average molecular weight is 392 g/mol. The molecule has 0 bridgehead atoms. The van der Waals surface area contributed by atoms with Crippen LogP contribution in [0, 0.1) is 0 Å². The van der Waals surface area contributed by atoms with Gasteiger partial charge in [-0.05, 0) is 69.1 Å². The Labute approximate surface area is 161 Å². The van der Waals surface area contributed by atoms with Crippen molar-refractivity contribution in [1.29, 1.82) is 0 Å². The van der Waals surface area contributed by atoms with E-state index in [1.807, 2.05) is 0 Å². The number of pyridine rings is 1. The highest BCUT2D eigenvalue weighted by molar-refractivity contribution is 5.37. The third kappa shape index (κ3) is 4.05. The number of hydrogen-bond acceptors (Lipinski definition) is 4. The van der Waals surface area contributed by atoms with Crippen molar-refractivity contribution in [2.75, 3.05) is 5.32 Å². The summed E-state index contributed by atoms with van der Waals surface area (Å²) in [5.74, 6) is 0.445. The van der Waals surface area contributed by atoms with E-state index in [2.05, 4.69) is 15.4 Å². The van der Waals surface area contributed by atoms with E-state index in [1.54, 1.807) is 10.7 Å². The number of anilines is 1. The summed E-state index contributed by atoms with van der Waals surface area (Å²) in [7, 11) is 0. The Balaban J connectivity index is 1.38. The molecule has 4 rings (SSSR count). The molecule has 1 saturated carbocycles. The molecule has 0 unspecified atom stereocenters. The number of halogens is 3. The second kappa shape index (κ2) is 7.56. The molecule has 28 heavy (non-hydrogen) atoms. The summed E-state index contributed by atoms with van der Waals surface area (Å²) < 4.78 is 39.5. The van der Waals surface area contributed by atoms with E-state index in [0.29, 0.717) is 5.82 Å². The van der Waals surface area contributed by atoms with E-state index in [0.717, 1.165) is 74.9 Å². The van der Waals surface area contributed by atoms with Crippen LogP contribution in [0.1, 0.15) is 61.4 Å². The molecule has 0 spiro atoms. The molecule has 0 radical (unpaired) electrons. The van der Waals surface area contributed by atoms with E-state index in [-0.39, 0.29) is 17.6 Å². The minimum atomic E-state index is -4.38. The lowest BCUT2D eigenvalue weighted by Crippen LogP contribution is -2.34. The largest absolute Gasteiger partial charge is 0.417 e. The number of hydrogen-bond donors (Lipinski definition) is 1.